The number of hydrogen-bond acceptors (Lipinski definition) is 4. The molecule has 0 N–H and O–H groups in total. The van der Waals surface area contributed by atoms with Crippen molar-refractivity contribution in [3.63, 3.8) is 0 Å². The lowest BCUT2D eigenvalue weighted by Gasteiger charge is -2.15. The van der Waals surface area contributed by atoms with Crippen molar-refractivity contribution < 1.29 is 4.74 Å². The lowest BCUT2D eigenvalue weighted by atomic mass is 10.0. The van der Waals surface area contributed by atoms with Gasteiger partial charge in [-0.15, -0.1) is 0 Å². The number of benzene rings is 1. The Bertz CT molecular complexity index is 672. The van der Waals surface area contributed by atoms with Gasteiger partial charge in [0, 0.05) is 31.4 Å². The summed E-state index contributed by atoms with van der Waals surface area (Å²) in [5.74, 6) is 1.45. The highest BCUT2D eigenvalue weighted by Gasteiger charge is 2.11. The summed E-state index contributed by atoms with van der Waals surface area (Å²) >= 11 is 0. The normalized spacial score (nSPS) is 9.95. The number of pyridine rings is 1. The van der Waals surface area contributed by atoms with E-state index in [0.29, 0.717) is 11.4 Å². The number of methoxy groups -OCH3 is 1. The first-order valence-corrected chi connectivity index (χ1v) is 6.29. The molecular weight excluding hydrogens is 250 g/mol. The minimum Gasteiger partial charge on any atom is -0.496 e. The van der Waals surface area contributed by atoms with Crippen molar-refractivity contribution >= 4 is 5.82 Å². The summed E-state index contributed by atoms with van der Waals surface area (Å²) < 4.78 is 5.38. The van der Waals surface area contributed by atoms with Crippen LogP contribution in [0, 0.1) is 18.3 Å². The number of anilines is 1. The van der Waals surface area contributed by atoms with E-state index in [1.807, 2.05) is 50.2 Å². The van der Waals surface area contributed by atoms with E-state index < -0.39 is 0 Å². The van der Waals surface area contributed by atoms with Crippen molar-refractivity contribution in [3.05, 3.63) is 41.6 Å². The standard InChI is InChI=1S/C16H17N3O/c1-11-5-6-15(20-4)14(7-11)13-8-12(9-17)16(18-10-13)19(2)3/h5-8,10H,1-4H3. The molecule has 0 aliphatic heterocycles. The van der Waals surface area contributed by atoms with E-state index in [0.717, 1.165) is 22.4 Å². The first-order valence-electron chi connectivity index (χ1n) is 6.29. The molecule has 1 aromatic heterocycles. The minimum absolute atomic E-state index is 0.552. The molecule has 4 heteroatoms. The lowest BCUT2D eigenvalue weighted by molar-refractivity contribution is 0.416. The third-order valence-corrected chi connectivity index (χ3v) is 3.08. The van der Waals surface area contributed by atoms with Crippen LogP contribution in [-0.2, 0) is 0 Å². The second kappa shape index (κ2) is 5.62. The van der Waals surface area contributed by atoms with Gasteiger partial charge >= 0.3 is 0 Å². The van der Waals surface area contributed by atoms with E-state index in [9.17, 15) is 5.26 Å². The summed E-state index contributed by atoms with van der Waals surface area (Å²) in [6.45, 7) is 2.02. The molecule has 20 heavy (non-hydrogen) atoms. The molecule has 0 unspecified atom stereocenters. The zero-order valence-corrected chi connectivity index (χ0v) is 12.1. The molecule has 0 amide bonds. The third-order valence-electron chi connectivity index (χ3n) is 3.08. The summed E-state index contributed by atoms with van der Waals surface area (Å²) in [4.78, 5) is 6.21. The van der Waals surface area contributed by atoms with E-state index in [4.69, 9.17) is 4.74 Å². The zero-order valence-electron chi connectivity index (χ0n) is 12.1. The van der Waals surface area contributed by atoms with Gasteiger partial charge in [-0.2, -0.15) is 5.26 Å². The van der Waals surface area contributed by atoms with E-state index in [-0.39, 0.29) is 0 Å². The van der Waals surface area contributed by atoms with E-state index in [2.05, 4.69) is 11.1 Å². The van der Waals surface area contributed by atoms with Crippen LogP contribution in [0.2, 0.25) is 0 Å². The fraction of sp³-hybridized carbons (Fsp3) is 0.250. The Morgan fingerprint density at radius 2 is 2.00 bits per heavy atom. The maximum atomic E-state index is 9.27. The van der Waals surface area contributed by atoms with Crippen LogP contribution >= 0.6 is 0 Å². The Morgan fingerprint density at radius 1 is 1.25 bits per heavy atom. The predicted octanol–water partition coefficient (Wildman–Crippen LogP) is 3.00. The summed E-state index contributed by atoms with van der Waals surface area (Å²) in [5, 5.41) is 9.27. The van der Waals surface area contributed by atoms with Gasteiger partial charge in [0.05, 0.1) is 12.7 Å². The van der Waals surface area contributed by atoms with Crippen LogP contribution in [0.1, 0.15) is 11.1 Å². The van der Waals surface area contributed by atoms with Crippen molar-refractivity contribution in [2.75, 3.05) is 26.1 Å². The maximum Gasteiger partial charge on any atom is 0.146 e. The number of nitriles is 1. The van der Waals surface area contributed by atoms with Crippen molar-refractivity contribution in [3.8, 4) is 22.9 Å². The largest absolute Gasteiger partial charge is 0.496 e. The summed E-state index contributed by atoms with van der Waals surface area (Å²) in [6, 6.07) is 10.00. The molecule has 4 nitrogen and oxygen atoms in total. The number of rotatable bonds is 3. The first kappa shape index (κ1) is 13.9. The second-order valence-electron chi connectivity index (χ2n) is 4.81. The summed E-state index contributed by atoms with van der Waals surface area (Å²) in [5.41, 5.74) is 3.52. The van der Waals surface area contributed by atoms with Crippen LogP contribution in [0.15, 0.2) is 30.5 Å². The van der Waals surface area contributed by atoms with Gasteiger partial charge in [0.25, 0.3) is 0 Å². The van der Waals surface area contributed by atoms with E-state index >= 15 is 0 Å². The molecule has 0 spiro atoms. The lowest BCUT2D eigenvalue weighted by Crippen LogP contribution is -2.12. The summed E-state index contributed by atoms with van der Waals surface area (Å²) in [6.07, 6.45) is 1.77. The highest BCUT2D eigenvalue weighted by atomic mass is 16.5. The smallest absolute Gasteiger partial charge is 0.146 e. The average Bonchev–Trinajstić information content (AvgIpc) is 2.46. The predicted molar refractivity (Wildman–Crippen MR) is 80.0 cm³/mol. The fourth-order valence-corrected chi connectivity index (χ4v) is 2.09. The van der Waals surface area contributed by atoms with Crippen LogP contribution in [0.5, 0.6) is 5.75 Å². The molecule has 0 saturated heterocycles. The molecule has 1 heterocycles. The monoisotopic (exact) mass is 267 g/mol. The fourth-order valence-electron chi connectivity index (χ4n) is 2.09. The molecule has 0 bridgehead atoms. The van der Waals surface area contributed by atoms with Crippen LogP contribution in [0.4, 0.5) is 5.82 Å². The van der Waals surface area contributed by atoms with Crippen LogP contribution in [0.3, 0.4) is 0 Å². The van der Waals surface area contributed by atoms with Gasteiger partial charge in [0.15, 0.2) is 0 Å². The Morgan fingerprint density at radius 3 is 2.60 bits per heavy atom. The highest BCUT2D eigenvalue weighted by molar-refractivity contribution is 5.73. The molecule has 0 fully saturated rings. The number of ether oxygens (including phenoxy) is 1. The molecule has 0 radical (unpaired) electrons. The highest BCUT2D eigenvalue weighted by Crippen LogP contribution is 2.32. The van der Waals surface area contributed by atoms with Crippen LogP contribution in [0.25, 0.3) is 11.1 Å². The molecule has 102 valence electrons. The van der Waals surface area contributed by atoms with Gasteiger partial charge in [-0.3, -0.25) is 0 Å². The van der Waals surface area contributed by atoms with Gasteiger partial charge in [-0.1, -0.05) is 11.6 Å². The zero-order chi connectivity index (χ0) is 14.7. The summed E-state index contributed by atoms with van der Waals surface area (Å²) in [7, 11) is 5.38. The molecule has 0 atom stereocenters. The Balaban J connectivity index is 2.60. The maximum absolute atomic E-state index is 9.27. The molecule has 1 aromatic carbocycles. The van der Waals surface area contributed by atoms with Gasteiger partial charge in [0.2, 0.25) is 0 Å². The topological polar surface area (TPSA) is 49.1 Å². The SMILES string of the molecule is COc1ccc(C)cc1-c1cnc(N(C)C)c(C#N)c1. The molecule has 2 aromatic rings. The molecule has 0 aliphatic rings. The Kier molecular flexibility index (Phi) is 3.90. The number of aromatic nitrogens is 1. The number of hydrogen-bond donors (Lipinski definition) is 0. The molecule has 0 saturated carbocycles. The molecule has 0 aliphatic carbocycles. The van der Waals surface area contributed by atoms with E-state index in [1.54, 1.807) is 13.3 Å². The molecular formula is C16H17N3O. The van der Waals surface area contributed by atoms with Crippen LogP contribution in [-0.4, -0.2) is 26.2 Å². The second-order valence-corrected chi connectivity index (χ2v) is 4.81. The first-order chi connectivity index (χ1) is 9.56. The van der Waals surface area contributed by atoms with Crippen LogP contribution < -0.4 is 9.64 Å². The number of aryl methyl sites for hydroxylation is 1. The minimum atomic E-state index is 0.552. The average molecular weight is 267 g/mol. The third kappa shape index (κ3) is 2.57. The van der Waals surface area contributed by atoms with Crippen molar-refractivity contribution in [2.24, 2.45) is 0 Å². The number of nitrogens with zero attached hydrogens (tertiary/aromatic N) is 3. The Labute approximate surface area is 119 Å². The Hall–Kier alpha value is -2.54. The van der Waals surface area contributed by atoms with Crippen molar-refractivity contribution in [2.45, 2.75) is 6.92 Å². The van der Waals surface area contributed by atoms with E-state index in [1.165, 1.54) is 0 Å². The van der Waals surface area contributed by atoms with Gasteiger partial charge in [-0.05, 0) is 25.1 Å². The quantitative estimate of drug-likeness (QED) is 0.857. The van der Waals surface area contributed by atoms with Gasteiger partial charge in [-0.25, -0.2) is 4.98 Å². The molecule has 2 rings (SSSR count). The van der Waals surface area contributed by atoms with Crippen molar-refractivity contribution in [1.82, 2.24) is 4.98 Å². The van der Waals surface area contributed by atoms with Gasteiger partial charge < -0.3 is 9.64 Å². The van der Waals surface area contributed by atoms with Crippen molar-refractivity contribution in [1.29, 1.82) is 5.26 Å². The van der Waals surface area contributed by atoms with Gasteiger partial charge in [0.1, 0.15) is 17.6 Å².